The lowest BCUT2D eigenvalue weighted by Gasteiger charge is -2.57. The number of H-pyrrole nitrogens is 1. The molecule has 0 amide bonds. The van der Waals surface area contributed by atoms with Crippen LogP contribution in [0.15, 0.2) is 79.3 Å². The smallest absolute Gasteiger partial charge is 0.317 e. The fourth-order valence-corrected chi connectivity index (χ4v) is 10.7. The van der Waals surface area contributed by atoms with Gasteiger partial charge in [0, 0.05) is 59.9 Å². The van der Waals surface area contributed by atoms with Gasteiger partial charge in [-0.15, -0.1) is 0 Å². The molecule has 6 bridgehead atoms. The SMILES string of the molecule is NC1NC=CC2(OC3Oc4cc5c(c(Cn6cc7cc[nH]c7c6CO)c4C#CCC2(O)C(O)C3O)C2Oc3c4ccc(OCO)c3OCCC#CC(c3ccccc3)C(O5)C42)C1OC(=O)CC(=O)O. The van der Waals surface area contributed by atoms with E-state index in [0.717, 1.165) is 16.5 Å². The summed E-state index contributed by atoms with van der Waals surface area (Å²) in [7, 11) is 0. The van der Waals surface area contributed by atoms with Crippen LogP contribution in [-0.2, 0) is 32.2 Å². The molecule has 19 nitrogen and oxygen atoms in total. The molecule has 12 rings (SSSR count). The molecule has 19 heteroatoms. The number of aromatic amines is 1. The molecular formula is C50H46N4O15. The van der Waals surface area contributed by atoms with Crippen LogP contribution in [-0.4, -0.2) is 114 Å². The van der Waals surface area contributed by atoms with Gasteiger partial charge in [-0.05, 0) is 30.0 Å². The number of ether oxygens (including phenoxy) is 7. The Morgan fingerprint density at radius 3 is 2.65 bits per heavy atom. The Bertz CT molecular complexity index is 3040. The van der Waals surface area contributed by atoms with Crippen molar-refractivity contribution in [3.63, 3.8) is 0 Å². The Balaban J connectivity index is 1.13. The lowest BCUT2D eigenvalue weighted by Crippen LogP contribution is -2.80. The van der Waals surface area contributed by atoms with E-state index < -0.39 is 97.6 Å². The largest absolute Gasteiger partial charge is 0.487 e. The predicted molar refractivity (Wildman–Crippen MR) is 239 cm³/mol. The van der Waals surface area contributed by atoms with Crippen LogP contribution in [0.2, 0.25) is 0 Å². The first-order valence-electron chi connectivity index (χ1n) is 22.3. The molecule has 0 saturated carbocycles. The van der Waals surface area contributed by atoms with E-state index in [4.69, 9.17) is 38.9 Å². The van der Waals surface area contributed by atoms with Crippen LogP contribution in [0.1, 0.15) is 70.7 Å². The molecule has 1 fully saturated rings. The van der Waals surface area contributed by atoms with Crippen molar-refractivity contribution in [1.29, 1.82) is 0 Å². The minimum Gasteiger partial charge on any atom is -0.487 e. The minimum absolute atomic E-state index is 0.0127. The van der Waals surface area contributed by atoms with Gasteiger partial charge in [0.15, 0.2) is 30.0 Å². The number of hydrogen-bond donors (Lipinski definition) is 9. The Morgan fingerprint density at radius 1 is 1.01 bits per heavy atom. The van der Waals surface area contributed by atoms with Crippen molar-refractivity contribution < 1.29 is 73.4 Å². The first kappa shape index (κ1) is 44.3. The number of aliphatic carboxylic acids is 1. The molecule has 69 heavy (non-hydrogen) atoms. The monoisotopic (exact) mass is 942 g/mol. The number of carbonyl (C=O) groups is 2. The van der Waals surface area contributed by atoms with Gasteiger partial charge in [-0.3, -0.25) is 9.59 Å². The van der Waals surface area contributed by atoms with Crippen LogP contribution in [0.25, 0.3) is 10.9 Å². The van der Waals surface area contributed by atoms with Gasteiger partial charge >= 0.3 is 11.9 Å². The summed E-state index contributed by atoms with van der Waals surface area (Å²) in [5, 5.41) is 70.2. The summed E-state index contributed by atoms with van der Waals surface area (Å²) >= 11 is 0. The maximum atomic E-state index is 12.9. The highest BCUT2D eigenvalue weighted by molar-refractivity contribution is 5.90. The average Bonchev–Trinajstić information content (AvgIpc) is 4.04. The number of nitrogens with two attached hydrogens (primary N) is 1. The Kier molecular flexibility index (Phi) is 11.0. The van der Waals surface area contributed by atoms with Crippen molar-refractivity contribution in [3.8, 4) is 52.4 Å². The topological polar surface area (TPSA) is 279 Å². The molecule has 356 valence electrons. The van der Waals surface area contributed by atoms with E-state index in [1.54, 1.807) is 18.3 Å². The number of aliphatic hydroxyl groups is 5. The first-order valence-corrected chi connectivity index (χ1v) is 22.3. The van der Waals surface area contributed by atoms with E-state index in [2.05, 4.69) is 34.0 Å². The second-order valence-corrected chi connectivity index (χ2v) is 17.6. The van der Waals surface area contributed by atoms with Gasteiger partial charge in [0.2, 0.25) is 12.0 Å². The zero-order valence-corrected chi connectivity index (χ0v) is 36.5. The fraction of sp³-hybridized carbons (Fsp3) is 0.360. The molecule has 0 radical (unpaired) electrons. The quantitative estimate of drug-likeness (QED) is 0.0441. The Hall–Kier alpha value is -7.20. The van der Waals surface area contributed by atoms with Crippen molar-refractivity contribution in [3.05, 3.63) is 113 Å². The summed E-state index contributed by atoms with van der Waals surface area (Å²) in [6.45, 7) is -0.744. The van der Waals surface area contributed by atoms with Crippen LogP contribution < -0.4 is 34.7 Å². The van der Waals surface area contributed by atoms with Crippen LogP contribution in [0, 0.1) is 23.7 Å². The van der Waals surface area contributed by atoms with Crippen molar-refractivity contribution in [2.24, 2.45) is 5.73 Å². The minimum atomic E-state index is -2.57. The van der Waals surface area contributed by atoms with Crippen molar-refractivity contribution in [2.75, 3.05) is 13.4 Å². The van der Waals surface area contributed by atoms with Gasteiger partial charge in [-0.25, -0.2) is 0 Å². The molecule has 7 aliphatic heterocycles. The summed E-state index contributed by atoms with van der Waals surface area (Å²) < 4.78 is 47.0. The number of carboxylic acid groups (broad SMARTS) is 1. The van der Waals surface area contributed by atoms with E-state index in [9.17, 15) is 40.2 Å². The molecule has 5 aromatic rings. The molecule has 3 aromatic carbocycles. The summed E-state index contributed by atoms with van der Waals surface area (Å²) in [5.74, 6) is 10.4. The number of rotatable bonds is 9. The maximum absolute atomic E-state index is 12.9. The highest BCUT2D eigenvalue weighted by Crippen LogP contribution is 2.61. The van der Waals surface area contributed by atoms with Gasteiger partial charge < -0.3 is 84.4 Å². The lowest BCUT2D eigenvalue weighted by molar-refractivity contribution is -0.355. The third kappa shape index (κ3) is 7.04. The predicted octanol–water partition coefficient (Wildman–Crippen LogP) is 1.86. The third-order valence-corrected chi connectivity index (χ3v) is 13.8. The van der Waals surface area contributed by atoms with Gasteiger partial charge in [-0.1, -0.05) is 60.1 Å². The number of benzene rings is 3. The Morgan fingerprint density at radius 2 is 1.86 bits per heavy atom. The zero-order valence-electron chi connectivity index (χ0n) is 36.5. The van der Waals surface area contributed by atoms with Crippen molar-refractivity contribution in [2.45, 2.75) is 98.4 Å². The molecule has 11 unspecified atom stereocenters. The number of hydrogen-bond acceptors (Lipinski definition) is 16. The second kappa shape index (κ2) is 17.1. The van der Waals surface area contributed by atoms with Gasteiger partial charge in [0.25, 0.3) is 0 Å². The number of esters is 1. The standard InChI is InChI=1S/C50H46N4O15/c51-47-46(67-36(59)20-35(57)58)50(15-17-53-47)49(62)14-6-10-28-30(22-54-21-26-13-16-52-39(26)31(54)23-55)37-34(19-33(28)66-48(69-50)40(60)45(49)61)65-41-27(25-7-2-1-3-8-25)9-4-5-18-63-43-32(64-24-56)12-11-29-38(41)44(37)68-42(29)43/h1-3,7-8,11-13,15-17,19,21,27,38,40-41,44-48,52-53,55-56,60-62H,5,14,18,20,22-24,51H2,(H,57,58). The number of carboxylic acids is 1. The number of nitrogens with one attached hydrogen (secondary N) is 2. The number of carbonyl (C=O) groups excluding carboxylic acids is 1. The van der Waals surface area contributed by atoms with Crippen molar-refractivity contribution >= 4 is 22.8 Å². The van der Waals surface area contributed by atoms with Crippen LogP contribution in [0.5, 0.6) is 28.7 Å². The van der Waals surface area contributed by atoms with Gasteiger partial charge in [-0.2, -0.15) is 0 Å². The summed E-state index contributed by atoms with van der Waals surface area (Å²) in [6.07, 6.45) is -5.52. The first-order chi connectivity index (χ1) is 33.4. The summed E-state index contributed by atoms with van der Waals surface area (Å²) in [4.78, 5) is 27.7. The number of aliphatic hydroxyl groups excluding tert-OH is 4. The molecule has 9 heterocycles. The molecule has 1 saturated heterocycles. The van der Waals surface area contributed by atoms with E-state index in [1.807, 2.05) is 53.2 Å². The number of nitrogens with zero attached hydrogens (tertiary/aromatic N) is 1. The highest BCUT2D eigenvalue weighted by Gasteiger charge is 2.69. The fourth-order valence-electron chi connectivity index (χ4n) is 10.7. The lowest BCUT2D eigenvalue weighted by atomic mass is 9.67. The van der Waals surface area contributed by atoms with Gasteiger partial charge in [0.05, 0.1) is 41.8 Å². The molecule has 11 atom stereocenters. The Labute approximate surface area is 392 Å². The van der Waals surface area contributed by atoms with E-state index >= 15 is 0 Å². The van der Waals surface area contributed by atoms with Crippen LogP contribution in [0.4, 0.5) is 0 Å². The van der Waals surface area contributed by atoms with Crippen LogP contribution >= 0.6 is 0 Å². The van der Waals surface area contributed by atoms with Gasteiger partial charge in [0.1, 0.15) is 54.1 Å². The third-order valence-electron chi connectivity index (χ3n) is 13.8. The number of fused-ring (bicyclic) bond motifs is 5. The molecule has 0 aliphatic carbocycles. The molecule has 1 spiro atoms. The summed E-state index contributed by atoms with van der Waals surface area (Å²) in [6, 6.07) is 16.8. The average molecular weight is 943 g/mol. The highest BCUT2D eigenvalue weighted by atomic mass is 16.7. The summed E-state index contributed by atoms with van der Waals surface area (Å²) in [5.41, 5.74) is 5.76. The number of aromatic nitrogens is 2. The van der Waals surface area contributed by atoms with E-state index in [0.29, 0.717) is 34.5 Å². The normalized spacial score (nSPS) is 30.0. The van der Waals surface area contributed by atoms with Crippen LogP contribution in [0.3, 0.4) is 0 Å². The molecule has 10 N–H and O–H groups in total. The maximum Gasteiger partial charge on any atom is 0.317 e. The molecule has 2 aromatic heterocycles. The van der Waals surface area contributed by atoms with E-state index in [1.165, 1.54) is 12.3 Å². The second-order valence-electron chi connectivity index (χ2n) is 17.6. The zero-order chi connectivity index (χ0) is 47.8. The molecule has 7 aliphatic rings. The molecular weight excluding hydrogens is 897 g/mol. The van der Waals surface area contributed by atoms with E-state index in [-0.39, 0.29) is 48.3 Å². The van der Waals surface area contributed by atoms with Crippen molar-refractivity contribution in [1.82, 2.24) is 14.9 Å².